The van der Waals surface area contributed by atoms with E-state index in [0.717, 1.165) is 19.4 Å². The molecule has 2 heterocycles. The zero-order valence-corrected chi connectivity index (χ0v) is 19.8. The summed E-state index contributed by atoms with van der Waals surface area (Å²) in [4.78, 5) is 25.8. The Balaban J connectivity index is 1.90. The van der Waals surface area contributed by atoms with Crippen LogP contribution < -0.4 is 5.32 Å². The zero-order chi connectivity index (χ0) is 21.2. The average molecular weight is 511 g/mol. The van der Waals surface area contributed by atoms with Gasteiger partial charge in [-0.2, -0.15) is 0 Å². The molecular formula is C22H30IN3O3. The maximum absolute atomic E-state index is 12.6. The number of fused-ring (bicyclic) bond motifs is 1. The van der Waals surface area contributed by atoms with Crippen molar-refractivity contribution in [3.63, 3.8) is 0 Å². The molecule has 1 atom stereocenters. The molecule has 1 saturated heterocycles. The first-order chi connectivity index (χ1) is 13.7. The number of benzene rings is 1. The van der Waals surface area contributed by atoms with Gasteiger partial charge in [-0.3, -0.25) is 4.79 Å². The van der Waals surface area contributed by atoms with Crippen LogP contribution in [-0.2, 0) is 16.1 Å². The van der Waals surface area contributed by atoms with Crippen LogP contribution in [0.5, 0.6) is 0 Å². The molecule has 1 unspecified atom stereocenters. The van der Waals surface area contributed by atoms with E-state index in [1.807, 2.05) is 31.7 Å². The lowest BCUT2D eigenvalue weighted by atomic mass is 9.94. The van der Waals surface area contributed by atoms with Gasteiger partial charge in [-0.15, -0.1) is 0 Å². The normalized spacial score (nSPS) is 17.4. The predicted molar refractivity (Wildman–Crippen MR) is 123 cm³/mol. The van der Waals surface area contributed by atoms with Gasteiger partial charge in [0.1, 0.15) is 5.60 Å². The molecule has 0 bridgehead atoms. The van der Waals surface area contributed by atoms with E-state index < -0.39 is 5.60 Å². The number of rotatable bonds is 4. The first-order valence-electron chi connectivity index (χ1n) is 10.2. The van der Waals surface area contributed by atoms with Crippen LogP contribution in [0.1, 0.15) is 52.1 Å². The number of carbonyl (C=O) groups excluding carboxylic acids is 2. The third-order valence-electron chi connectivity index (χ3n) is 5.12. The van der Waals surface area contributed by atoms with Crippen LogP contribution in [0.2, 0.25) is 0 Å². The Morgan fingerprint density at radius 3 is 2.69 bits per heavy atom. The third kappa shape index (κ3) is 5.24. The third-order valence-corrected chi connectivity index (χ3v) is 6.25. The summed E-state index contributed by atoms with van der Waals surface area (Å²) >= 11 is 2.43. The molecule has 158 valence electrons. The summed E-state index contributed by atoms with van der Waals surface area (Å²) in [5, 5.41) is 4.13. The average Bonchev–Trinajstić information content (AvgIpc) is 2.93. The summed E-state index contributed by atoms with van der Waals surface area (Å²) in [6, 6.07) is 8.37. The van der Waals surface area contributed by atoms with Crippen molar-refractivity contribution in [3.8, 4) is 0 Å². The molecule has 29 heavy (non-hydrogen) atoms. The van der Waals surface area contributed by atoms with Gasteiger partial charge in [0.25, 0.3) is 0 Å². The molecule has 1 aliphatic heterocycles. The van der Waals surface area contributed by atoms with Gasteiger partial charge >= 0.3 is 6.09 Å². The van der Waals surface area contributed by atoms with E-state index in [1.54, 1.807) is 0 Å². The number of para-hydroxylation sites is 1. The van der Waals surface area contributed by atoms with E-state index in [0.29, 0.717) is 19.6 Å². The highest BCUT2D eigenvalue weighted by Crippen LogP contribution is 2.36. The smallest absolute Gasteiger partial charge is 0.410 e. The van der Waals surface area contributed by atoms with Gasteiger partial charge in [0.15, 0.2) is 0 Å². The maximum atomic E-state index is 12.6. The zero-order valence-electron chi connectivity index (χ0n) is 17.6. The van der Waals surface area contributed by atoms with E-state index in [-0.39, 0.29) is 17.9 Å². The van der Waals surface area contributed by atoms with Crippen molar-refractivity contribution in [3.05, 3.63) is 33.5 Å². The minimum atomic E-state index is -0.494. The number of amides is 2. The molecule has 0 spiro atoms. The SMILES string of the molecule is CC(=O)NCCn1c(C2CCCN(C(=O)OC(C)(C)C)C2)c(I)c2ccccc21. The van der Waals surface area contributed by atoms with Crippen LogP contribution in [0.3, 0.4) is 0 Å². The number of hydrogen-bond donors (Lipinski definition) is 1. The number of halogens is 1. The molecule has 0 radical (unpaired) electrons. The summed E-state index contributed by atoms with van der Waals surface area (Å²) in [6.07, 6.45) is 1.75. The van der Waals surface area contributed by atoms with Crippen LogP contribution in [0.15, 0.2) is 24.3 Å². The molecule has 1 aromatic carbocycles. The maximum Gasteiger partial charge on any atom is 0.410 e. The molecule has 6 nitrogen and oxygen atoms in total. The topological polar surface area (TPSA) is 63.6 Å². The van der Waals surface area contributed by atoms with Crippen molar-refractivity contribution in [1.29, 1.82) is 0 Å². The Hall–Kier alpha value is -1.77. The fraction of sp³-hybridized carbons (Fsp3) is 0.545. The Kier molecular flexibility index (Phi) is 6.76. The van der Waals surface area contributed by atoms with Crippen molar-refractivity contribution >= 4 is 45.5 Å². The van der Waals surface area contributed by atoms with E-state index >= 15 is 0 Å². The molecule has 3 rings (SSSR count). The second-order valence-electron chi connectivity index (χ2n) is 8.62. The summed E-state index contributed by atoms with van der Waals surface area (Å²) in [7, 11) is 0. The second-order valence-corrected chi connectivity index (χ2v) is 9.70. The number of piperidine rings is 1. The largest absolute Gasteiger partial charge is 0.444 e. The van der Waals surface area contributed by atoms with Gasteiger partial charge in [-0.1, -0.05) is 18.2 Å². The monoisotopic (exact) mass is 511 g/mol. The molecule has 7 heteroatoms. The van der Waals surface area contributed by atoms with Crippen molar-refractivity contribution in [2.24, 2.45) is 0 Å². The van der Waals surface area contributed by atoms with Crippen molar-refractivity contribution in [1.82, 2.24) is 14.8 Å². The quantitative estimate of drug-likeness (QED) is 0.616. The lowest BCUT2D eigenvalue weighted by molar-refractivity contribution is -0.118. The van der Waals surface area contributed by atoms with Crippen LogP contribution in [0.4, 0.5) is 4.79 Å². The molecule has 0 saturated carbocycles. The molecule has 1 fully saturated rings. The minimum Gasteiger partial charge on any atom is -0.444 e. The number of aromatic nitrogens is 1. The van der Waals surface area contributed by atoms with E-state index in [4.69, 9.17) is 4.74 Å². The number of hydrogen-bond acceptors (Lipinski definition) is 3. The first kappa shape index (κ1) is 21.9. The lowest BCUT2D eigenvalue weighted by Gasteiger charge is -2.35. The van der Waals surface area contributed by atoms with Gasteiger partial charge in [0, 0.05) is 59.2 Å². The Labute approximate surface area is 186 Å². The van der Waals surface area contributed by atoms with Gasteiger partial charge in [0.2, 0.25) is 5.91 Å². The lowest BCUT2D eigenvalue weighted by Crippen LogP contribution is -2.42. The van der Waals surface area contributed by atoms with Crippen LogP contribution >= 0.6 is 22.6 Å². The Morgan fingerprint density at radius 2 is 2.00 bits per heavy atom. The summed E-state index contributed by atoms with van der Waals surface area (Å²) in [6.45, 7) is 9.91. The predicted octanol–water partition coefficient (Wildman–Crippen LogP) is 4.50. The van der Waals surface area contributed by atoms with Crippen LogP contribution in [0, 0.1) is 3.57 Å². The fourth-order valence-corrected chi connectivity index (χ4v) is 5.15. The molecule has 1 aromatic heterocycles. The summed E-state index contributed by atoms with van der Waals surface area (Å²) in [5.41, 5.74) is 1.93. The molecule has 2 amide bonds. The summed E-state index contributed by atoms with van der Waals surface area (Å²) < 4.78 is 9.15. The van der Waals surface area contributed by atoms with E-state index in [9.17, 15) is 9.59 Å². The standard InChI is InChI=1S/C22H30IN3O3/c1-15(27)24-11-13-26-18-10-6-5-9-17(18)19(23)20(26)16-8-7-12-25(14-16)21(28)29-22(2,3)4/h5-6,9-10,16H,7-8,11-14H2,1-4H3,(H,24,27). The molecule has 0 aliphatic carbocycles. The number of nitrogens with one attached hydrogen (secondary N) is 1. The van der Waals surface area contributed by atoms with Gasteiger partial charge in [-0.05, 0) is 62.3 Å². The van der Waals surface area contributed by atoms with Crippen molar-refractivity contribution in [2.75, 3.05) is 19.6 Å². The molecule has 2 aromatic rings. The van der Waals surface area contributed by atoms with E-state index in [1.165, 1.54) is 27.1 Å². The van der Waals surface area contributed by atoms with Gasteiger partial charge in [0.05, 0.1) is 0 Å². The fourth-order valence-electron chi connectivity index (χ4n) is 3.96. The number of ether oxygens (including phenoxy) is 1. The molecule has 1 N–H and O–H groups in total. The molecular weight excluding hydrogens is 481 g/mol. The highest BCUT2D eigenvalue weighted by molar-refractivity contribution is 14.1. The summed E-state index contributed by atoms with van der Waals surface area (Å²) in [5.74, 6) is 0.222. The van der Waals surface area contributed by atoms with Crippen LogP contribution in [0.25, 0.3) is 10.9 Å². The van der Waals surface area contributed by atoms with Crippen LogP contribution in [-0.4, -0.2) is 46.7 Å². The minimum absolute atomic E-state index is 0.0218. The highest BCUT2D eigenvalue weighted by atomic mass is 127. The van der Waals surface area contributed by atoms with Crippen molar-refractivity contribution < 1.29 is 14.3 Å². The van der Waals surface area contributed by atoms with Gasteiger partial charge < -0.3 is 19.5 Å². The van der Waals surface area contributed by atoms with E-state index in [2.05, 4.69) is 50.7 Å². The second kappa shape index (κ2) is 8.93. The Bertz CT molecular complexity index is 901. The first-order valence-corrected chi connectivity index (χ1v) is 11.2. The number of likely N-dealkylation sites (tertiary alicyclic amines) is 1. The molecule has 1 aliphatic rings. The van der Waals surface area contributed by atoms with Crippen molar-refractivity contribution in [2.45, 2.75) is 58.6 Å². The Morgan fingerprint density at radius 1 is 1.28 bits per heavy atom. The number of nitrogens with zero attached hydrogens (tertiary/aromatic N) is 2. The highest BCUT2D eigenvalue weighted by Gasteiger charge is 2.31. The number of carbonyl (C=O) groups is 2. The van der Waals surface area contributed by atoms with Gasteiger partial charge in [-0.25, -0.2) is 4.79 Å².